The van der Waals surface area contributed by atoms with E-state index in [9.17, 15) is 4.79 Å². The van der Waals surface area contributed by atoms with Crippen molar-refractivity contribution in [2.45, 2.75) is 13.8 Å². The molecule has 0 atom stereocenters. The molecule has 94 valence electrons. The zero-order valence-corrected chi connectivity index (χ0v) is 11.2. The van der Waals surface area contributed by atoms with E-state index in [0.717, 1.165) is 10.4 Å². The Morgan fingerprint density at radius 3 is 2.72 bits per heavy atom. The molecule has 2 N–H and O–H groups in total. The normalized spacial score (nSPS) is 10.3. The molecule has 0 saturated heterocycles. The highest BCUT2D eigenvalue weighted by Gasteiger charge is 2.19. The summed E-state index contributed by atoms with van der Waals surface area (Å²) in [6.45, 7) is 4.44. The summed E-state index contributed by atoms with van der Waals surface area (Å²) in [5, 5.41) is 1.92. The largest absolute Gasteiger partial charge is 0.397 e. The van der Waals surface area contributed by atoms with Crippen LogP contribution in [0.2, 0.25) is 0 Å². The number of pyridine rings is 1. The van der Waals surface area contributed by atoms with Crippen LogP contribution >= 0.6 is 11.3 Å². The molecule has 0 aliphatic carbocycles. The third-order valence-electron chi connectivity index (χ3n) is 2.67. The van der Waals surface area contributed by atoms with Gasteiger partial charge in [0.2, 0.25) is 0 Å². The predicted molar refractivity (Wildman–Crippen MR) is 75.1 cm³/mol. The molecule has 0 fully saturated rings. The second kappa shape index (κ2) is 5.18. The van der Waals surface area contributed by atoms with E-state index in [1.165, 1.54) is 11.3 Å². The summed E-state index contributed by atoms with van der Waals surface area (Å²) >= 11 is 1.46. The molecule has 4 nitrogen and oxygen atoms in total. The molecular formula is C13H15N3OS. The van der Waals surface area contributed by atoms with Crippen LogP contribution in [0.5, 0.6) is 0 Å². The Hall–Kier alpha value is -1.88. The molecule has 0 spiro atoms. The summed E-state index contributed by atoms with van der Waals surface area (Å²) in [5.41, 5.74) is 7.19. The van der Waals surface area contributed by atoms with Gasteiger partial charge in [0, 0.05) is 6.54 Å². The van der Waals surface area contributed by atoms with E-state index in [-0.39, 0.29) is 5.91 Å². The molecule has 0 aliphatic heterocycles. The fourth-order valence-electron chi connectivity index (χ4n) is 1.68. The van der Waals surface area contributed by atoms with Crippen LogP contribution in [-0.2, 0) is 0 Å². The molecule has 2 aromatic rings. The minimum absolute atomic E-state index is 0.0118. The van der Waals surface area contributed by atoms with Gasteiger partial charge in [-0.05, 0) is 43.0 Å². The van der Waals surface area contributed by atoms with Crippen molar-refractivity contribution in [1.29, 1.82) is 0 Å². The Morgan fingerprint density at radius 2 is 2.22 bits per heavy atom. The van der Waals surface area contributed by atoms with Crippen LogP contribution in [0.15, 0.2) is 29.8 Å². The van der Waals surface area contributed by atoms with Gasteiger partial charge in [-0.25, -0.2) is 4.98 Å². The van der Waals surface area contributed by atoms with Crippen molar-refractivity contribution in [3.05, 3.63) is 40.2 Å². The number of thiophene rings is 1. The second-order valence-corrected chi connectivity index (χ2v) is 4.85. The molecule has 0 aromatic carbocycles. The van der Waals surface area contributed by atoms with Crippen LogP contribution in [0.25, 0.3) is 0 Å². The summed E-state index contributed by atoms with van der Waals surface area (Å²) in [6, 6.07) is 5.46. The number of anilines is 2. The number of amides is 1. The molecule has 5 heteroatoms. The maximum atomic E-state index is 12.4. The number of hydrogen-bond acceptors (Lipinski definition) is 4. The molecule has 2 heterocycles. The van der Waals surface area contributed by atoms with Crippen LogP contribution in [0.1, 0.15) is 22.2 Å². The Morgan fingerprint density at radius 1 is 1.44 bits per heavy atom. The van der Waals surface area contributed by atoms with Crippen LogP contribution in [0, 0.1) is 6.92 Å². The number of nitrogen functional groups attached to an aromatic ring is 1. The minimum atomic E-state index is -0.0118. The van der Waals surface area contributed by atoms with Gasteiger partial charge in [0.05, 0.1) is 16.8 Å². The zero-order valence-electron chi connectivity index (χ0n) is 10.4. The van der Waals surface area contributed by atoms with E-state index in [2.05, 4.69) is 4.98 Å². The molecule has 1 amide bonds. The fourth-order valence-corrected chi connectivity index (χ4v) is 2.55. The third kappa shape index (κ3) is 2.36. The first-order chi connectivity index (χ1) is 8.63. The predicted octanol–water partition coefficient (Wildman–Crippen LogP) is 2.70. The van der Waals surface area contributed by atoms with Gasteiger partial charge in [-0.1, -0.05) is 0 Å². The van der Waals surface area contributed by atoms with Crippen molar-refractivity contribution in [3.63, 3.8) is 0 Å². The highest BCUT2D eigenvalue weighted by atomic mass is 32.1. The zero-order chi connectivity index (χ0) is 13.1. The van der Waals surface area contributed by atoms with E-state index in [1.54, 1.807) is 23.2 Å². The first-order valence-corrected chi connectivity index (χ1v) is 6.59. The van der Waals surface area contributed by atoms with Gasteiger partial charge < -0.3 is 5.73 Å². The Labute approximate surface area is 110 Å². The summed E-state index contributed by atoms with van der Waals surface area (Å²) in [7, 11) is 0. The van der Waals surface area contributed by atoms with E-state index in [0.29, 0.717) is 18.1 Å². The maximum Gasteiger partial charge on any atom is 0.269 e. The van der Waals surface area contributed by atoms with Gasteiger partial charge in [0.1, 0.15) is 5.82 Å². The van der Waals surface area contributed by atoms with E-state index in [1.807, 2.05) is 25.3 Å². The Bertz CT molecular complexity index is 548. The van der Waals surface area contributed by atoms with Gasteiger partial charge in [-0.3, -0.25) is 9.69 Å². The number of nitrogens with two attached hydrogens (primary N) is 1. The quantitative estimate of drug-likeness (QED) is 0.924. The van der Waals surface area contributed by atoms with Crippen LogP contribution < -0.4 is 10.6 Å². The van der Waals surface area contributed by atoms with Crippen molar-refractivity contribution in [2.24, 2.45) is 0 Å². The summed E-state index contributed by atoms with van der Waals surface area (Å²) in [6.07, 6.45) is 1.56. The molecule has 0 aliphatic rings. The number of aromatic nitrogens is 1. The Balaban J connectivity index is 2.32. The third-order valence-corrected chi connectivity index (χ3v) is 3.67. The molecule has 2 rings (SSSR count). The molecule has 0 unspecified atom stereocenters. The average Bonchev–Trinajstić information content (AvgIpc) is 2.78. The van der Waals surface area contributed by atoms with Gasteiger partial charge in [-0.2, -0.15) is 0 Å². The van der Waals surface area contributed by atoms with Crippen molar-refractivity contribution in [2.75, 3.05) is 17.2 Å². The monoisotopic (exact) mass is 261 g/mol. The SMILES string of the molecule is CCN(C(=O)c1sccc1C)c1ccc(N)cn1. The fraction of sp³-hybridized carbons (Fsp3) is 0.231. The number of aryl methyl sites for hydroxylation is 1. The van der Waals surface area contributed by atoms with Crippen molar-refractivity contribution in [1.82, 2.24) is 4.98 Å². The summed E-state index contributed by atoms with van der Waals surface area (Å²) in [5.74, 6) is 0.617. The van der Waals surface area contributed by atoms with Gasteiger partial charge in [-0.15, -0.1) is 11.3 Å². The van der Waals surface area contributed by atoms with Crippen molar-refractivity contribution in [3.8, 4) is 0 Å². The average molecular weight is 261 g/mol. The first kappa shape index (κ1) is 12.6. The minimum Gasteiger partial charge on any atom is -0.397 e. The molecule has 18 heavy (non-hydrogen) atoms. The summed E-state index contributed by atoms with van der Waals surface area (Å²) < 4.78 is 0. The molecule has 0 bridgehead atoms. The lowest BCUT2D eigenvalue weighted by Crippen LogP contribution is -2.31. The van der Waals surface area contributed by atoms with Crippen molar-refractivity contribution >= 4 is 28.7 Å². The van der Waals surface area contributed by atoms with Crippen molar-refractivity contribution < 1.29 is 4.79 Å². The van der Waals surface area contributed by atoms with Crippen LogP contribution in [-0.4, -0.2) is 17.4 Å². The van der Waals surface area contributed by atoms with Gasteiger partial charge in [0.15, 0.2) is 0 Å². The number of rotatable bonds is 3. The molecule has 0 radical (unpaired) electrons. The number of carbonyl (C=O) groups excluding carboxylic acids is 1. The number of nitrogens with zero attached hydrogens (tertiary/aromatic N) is 2. The topological polar surface area (TPSA) is 59.2 Å². The first-order valence-electron chi connectivity index (χ1n) is 5.71. The van der Waals surface area contributed by atoms with E-state index in [4.69, 9.17) is 5.73 Å². The van der Waals surface area contributed by atoms with Gasteiger partial charge >= 0.3 is 0 Å². The lowest BCUT2D eigenvalue weighted by atomic mass is 10.2. The highest BCUT2D eigenvalue weighted by molar-refractivity contribution is 7.12. The molecule has 0 saturated carbocycles. The van der Waals surface area contributed by atoms with Gasteiger partial charge in [0.25, 0.3) is 5.91 Å². The van der Waals surface area contributed by atoms with Crippen LogP contribution in [0.4, 0.5) is 11.5 Å². The smallest absolute Gasteiger partial charge is 0.269 e. The lowest BCUT2D eigenvalue weighted by molar-refractivity contribution is 0.0991. The highest BCUT2D eigenvalue weighted by Crippen LogP contribution is 2.21. The maximum absolute atomic E-state index is 12.4. The number of hydrogen-bond donors (Lipinski definition) is 1. The van der Waals surface area contributed by atoms with E-state index >= 15 is 0 Å². The number of carbonyl (C=O) groups is 1. The van der Waals surface area contributed by atoms with Crippen LogP contribution in [0.3, 0.4) is 0 Å². The molecule has 2 aromatic heterocycles. The second-order valence-electron chi connectivity index (χ2n) is 3.93. The lowest BCUT2D eigenvalue weighted by Gasteiger charge is -2.19. The molecular weight excluding hydrogens is 246 g/mol. The Kier molecular flexibility index (Phi) is 3.62. The summed E-state index contributed by atoms with van der Waals surface area (Å²) in [4.78, 5) is 19.0. The van der Waals surface area contributed by atoms with E-state index < -0.39 is 0 Å². The standard InChI is InChI=1S/C13H15N3OS/c1-3-16(11-5-4-10(14)8-15-11)13(17)12-9(2)6-7-18-12/h4-8H,3,14H2,1-2H3.